The number of hydrogen-bond acceptors (Lipinski definition) is 3. The summed E-state index contributed by atoms with van der Waals surface area (Å²) in [6.45, 7) is 5.75. The quantitative estimate of drug-likeness (QED) is 0.634. The molecular weight excluding hydrogens is 298 g/mol. The second-order valence-corrected chi connectivity index (χ2v) is 6.25. The molecule has 0 atom stereocenters. The molecule has 0 aliphatic carbocycles. The van der Waals surface area contributed by atoms with Gasteiger partial charge in [-0.1, -0.05) is 42.8 Å². The topological polar surface area (TPSA) is 25.6 Å². The number of aryl methyl sites for hydroxylation is 2. The number of likely N-dealkylation sites (N-methyl/N-ethyl adjacent to an activating group) is 1. The highest BCUT2D eigenvalue weighted by Crippen LogP contribution is 2.40. The van der Waals surface area contributed by atoms with E-state index in [0.717, 1.165) is 30.0 Å². The Labute approximate surface area is 143 Å². The zero-order chi connectivity index (χ0) is 17.1. The Hall–Kier alpha value is -2.26. The highest BCUT2D eigenvalue weighted by atomic mass is 16.5. The van der Waals surface area contributed by atoms with Crippen LogP contribution in [0.1, 0.15) is 18.1 Å². The molecule has 126 valence electrons. The van der Waals surface area contributed by atoms with Crippen molar-refractivity contribution in [3.05, 3.63) is 53.6 Å². The fourth-order valence-electron chi connectivity index (χ4n) is 2.98. The third kappa shape index (κ3) is 3.17. The van der Waals surface area contributed by atoms with Crippen LogP contribution in [0.3, 0.4) is 0 Å². The number of furan rings is 1. The number of benzene rings is 2. The molecule has 0 N–H and O–H groups in total. The van der Waals surface area contributed by atoms with Gasteiger partial charge in [0.1, 0.15) is 5.58 Å². The second kappa shape index (κ2) is 7.10. The summed E-state index contributed by atoms with van der Waals surface area (Å²) in [6, 6.07) is 15.1. The van der Waals surface area contributed by atoms with Gasteiger partial charge in [0, 0.05) is 26.1 Å². The lowest BCUT2D eigenvalue weighted by Crippen LogP contribution is -2.22. The van der Waals surface area contributed by atoms with Crippen molar-refractivity contribution in [3.63, 3.8) is 0 Å². The lowest BCUT2D eigenvalue weighted by atomic mass is 10.0. The molecule has 2 aromatic carbocycles. The Morgan fingerprint density at radius 1 is 1.08 bits per heavy atom. The number of fused-ring (bicyclic) bond motifs is 1. The van der Waals surface area contributed by atoms with Gasteiger partial charge in [-0.3, -0.25) is 0 Å². The predicted molar refractivity (Wildman–Crippen MR) is 101 cm³/mol. The average molecular weight is 323 g/mol. The van der Waals surface area contributed by atoms with Crippen molar-refractivity contribution in [2.75, 3.05) is 32.2 Å². The highest BCUT2D eigenvalue weighted by Gasteiger charge is 2.19. The van der Waals surface area contributed by atoms with Crippen molar-refractivity contribution in [2.24, 2.45) is 0 Å². The lowest BCUT2D eigenvalue weighted by Gasteiger charge is -2.17. The summed E-state index contributed by atoms with van der Waals surface area (Å²) in [6.07, 6.45) is 1.05. The van der Waals surface area contributed by atoms with Gasteiger partial charge in [-0.2, -0.15) is 0 Å². The molecule has 24 heavy (non-hydrogen) atoms. The van der Waals surface area contributed by atoms with Crippen LogP contribution >= 0.6 is 0 Å². The number of hydrogen-bond donors (Lipinski definition) is 0. The van der Waals surface area contributed by atoms with E-state index in [1.54, 1.807) is 7.11 Å². The minimum atomic E-state index is 0.667. The number of anilines is 1. The van der Waals surface area contributed by atoms with Crippen LogP contribution in [-0.2, 0) is 11.2 Å². The normalized spacial score (nSPS) is 11.2. The van der Waals surface area contributed by atoms with Gasteiger partial charge in [-0.25, -0.2) is 0 Å². The molecule has 3 heteroatoms. The first-order chi connectivity index (χ1) is 11.6. The van der Waals surface area contributed by atoms with Crippen LogP contribution in [0.15, 0.2) is 46.9 Å². The molecule has 0 fully saturated rings. The Bertz CT molecular complexity index is 818. The van der Waals surface area contributed by atoms with Crippen LogP contribution in [0.25, 0.3) is 22.1 Å². The fourth-order valence-corrected chi connectivity index (χ4v) is 2.98. The van der Waals surface area contributed by atoms with E-state index in [9.17, 15) is 0 Å². The summed E-state index contributed by atoms with van der Waals surface area (Å²) < 4.78 is 11.4. The maximum absolute atomic E-state index is 6.19. The lowest BCUT2D eigenvalue weighted by molar-refractivity contribution is 0.205. The molecule has 0 spiro atoms. The number of rotatable bonds is 6. The van der Waals surface area contributed by atoms with E-state index < -0.39 is 0 Å². The number of ether oxygens (including phenoxy) is 1. The van der Waals surface area contributed by atoms with Gasteiger partial charge in [0.25, 0.3) is 0 Å². The minimum Gasteiger partial charge on any atom is -0.440 e. The van der Waals surface area contributed by atoms with Gasteiger partial charge in [-0.15, -0.1) is 0 Å². The van der Waals surface area contributed by atoms with Crippen LogP contribution in [0.2, 0.25) is 0 Å². The standard InChI is InChI=1S/C21H25NO2/c1-5-16-7-9-17(10-8-16)20-18-14-15(2)6-11-19(18)24-21(20)22(3)12-13-23-4/h6-11,14H,5,12-13H2,1-4H3. The molecule has 3 nitrogen and oxygen atoms in total. The van der Waals surface area contributed by atoms with E-state index in [1.807, 2.05) is 7.05 Å². The smallest absolute Gasteiger partial charge is 0.204 e. The Morgan fingerprint density at radius 3 is 2.50 bits per heavy atom. The molecule has 0 saturated carbocycles. The van der Waals surface area contributed by atoms with Crippen molar-refractivity contribution in [1.82, 2.24) is 0 Å². The van der Waals surface area contributed by atoms with E-state index in [2.05, 4.69) is 61.2 Å². The van der Waals surface area contributed by atoms with Crippen molar-refractivity contribution >= 4 is 16.9 Å². The Kier molecular flexibility index (Phi) is 4.91. The largest absolute Gasteiger partial charge is 0.440 e. The summed E-state index contributed by atoms with van der Waals surface area (Å²) >= 11 is 0. The molecule has 0 saturated heterocycles. The van der Waals surface area contributed by atoms with E-state index in [4.69, 9.17) is 9.15 Å². The Balaban J connectivity index is 2.15. The first kappa shape index (κ1) is 16.6. The molecule has 0 aliphatic rings. The molecule has 3 rings (SSSR count). The van der Waals surface area contributed by atoms with Crippen molar-refractivity contribution < 1.29 is 9.15 Å². The molecule has 1 aromatic heterocycles. The third-order valence-corrected chi connectivity index (χ3v) is 4.45. The predicted octanol–water partition coefficient (Wildman–Crippen LogP) is 5.05. The summed E-state index contributed by atoms with van der Waals surface area (Å²) in [5.41, 5.74) is 5.86. The number of methoxy groups -OCH3 is 1. The van der Waals surface area contributed by atoms with Gasteiger partial charge < -0.3 is 14.1 Å². The molecular formula is C21H25NO2. The minimum absolute atomic E-state index is 0.667. The summed E-state index contributed by atoms with van der Waals surface area (Å²) in [7, 11) is 3.77. The third-order valence-electron chi connectivity index (χ3n) is 4.45. The molecule has 1 heterocycles. The van der Waals surface area contributed by atoms with Crippen molar-refractivity contribution in [1.29, 1.82) is 0 Å². The fraction of sp³-hybridized carbons (Fsp3) is 0.333. The highest BCUT2D eigenvalue weighted by molar-refractivity contribution is 6.00. The maximum atomic E-state index is 6.19. The average Bonchev–Trinajstić information content (AvgIpc) is 2.98. The van der Waals surface area contributed by atoms with Gasteiger partial charge >= 0.3 is 0 Å². The first-order valence-electron chi connectivity index (χ1n) is 8.46. The second-order valence-electron chi connectivity index (χ2n) is 6.25. The first-order valence-corrected chi connectivity index (χ1v) is 8.46. The molecule has 3 aromatic rings. The summed E-state index contributed by atoms with van der Waals surface area (Å²) in [5, 5.41) is 1.17. The zero-order valence-corrected chi connectivity index (χ0v) is 14.9. The van der Waals surface area contributed by atoms with Crippen LogP contribution in [0.5, 0.6) is 0 Å². The van der Waals surface area contributed by atoms with E-state index in [1.165, 1.54) is 22.1 Å². The molecule has 0 aliphatic heterocycles. The molecule has 0 unspecified atom stereocenters. The van der Waals surface area contributed by atoms with E-state index in [-0.39, 0.29) is 0 Å². The summed E-state index contributed by atoms with van der Waals surface area (Å²) in [5.74, 6) is 0.900. The van der Waals surface area contributed by atoms with Crippen molar-refractivity contribution in [2.45, 2.75) is 20.3 Å². The SMILES string of the molecule is CCc1ccc(-c2c(N(C)CCOC)oc3ccc(C)cc23)cc1. The van der Waals surface area contributed by atoms with E-state index in [0.29, 0.717) is 6.61 Å². The maximum Gasteiger partial charge on any atom is 0.204 e. The molecule has 0 amide bonds. The van der Waals surface area contributed by atoms with Crippen LogP contribution in [-0.4, -0.2) is 27.3 Å². The molecule has 0 radical (unpaired) electrons. The van der Waals surface area contributed by atoms with Crippen LogP contribution in [0.4, 0.5) is 5.88 Å². The van der Waals surface area contributed by atoms with Gasteiger partial charge in [0.05, 0.1) is 12.2 Å². The number of nitrogens with zero attached hydrogens (tertiary/aromatic N) is 1. The van der Waals surface area contributed by atoms with Gasteiger partial charge in [-0.05, 0) is 36.6 Å². The van der Waals surface area contributed by atoms with Gasteiger partial charge in [0.15, 0.2) is 0 Å². The van der Waals surface area contributed by atoms with Crippen LogP contribution in [0, 0.1) is 6.92 Å². The Morgan fingerprint density at radius 2 is 1.83 bits per heavy atom. The van der Waals surface area contributed by atoms with E-state index >= 15 is 0 Å². The van der Waals surface area contributed by atoms with Crippen molar-refractivity contribution in [3.8, 4) is 11.1 Å². The van der Waals surface area contributed by atoms with Crippen LogP contribution < -0.4 is 4.90 Å². The monoisotopic (exact) mass is 323 g/mol. The van der Waals surface area contributed by atoms with Gasteiger partial charge in [0.2, 0.25) is 5.88 Å². The summed E-state index contributed by atoms with van der Waals surface area (Å²) in [4.78, 5) is 2.13. The molecule has 0 bridgehead atoms. The zero-order valence-electron chi connectivity index (χ0n) is 14.9.